The van der Waals surface area contributed by atoms with E-state index in [-0.39, 0.29) is 0 Å². The summed E-state index contributed by atoms with van der Waals surface area (Å²) in [6.07, 6.45) is 8.06. The van der Waals surface area contributed by atoms with Crippen LogP contribution in [0, 0.1) is 10.8 Å². The second-order valence-electron chi connectivity index (χ2n) is 9.33. The van der Waals surface area contributed by atoms with E-state index in [1.54, 1.807) is 0 Å². The maximum atomic E-state index is 3.73. The highest BCUT2D eigenvalue weighted by molar-refractivity contribution is 4.96. The van der Waals surface area contributed by atoms with Crippen molar-refractivity contribution in [1.29, 1.82) is 0 Å². The zero-order chi connectivity index (χ0) is 15.7. The van der Waals surface area contributed by atoms with E-state index in [0.717, 1.165) is 18.1 Å². The van der Waals surface area contributed by atoms with Gasteiger partial charge in [0, 0.05) is 24.7 Å². The summed E-state index contributed by atoms with van der Waals surface area (Å²) in [5.41, 5.74) is 1.01. The molecule has 0 spiro atoms. The Hall–Kier alpha value is -0.0800. The molecule has 0 aromatic heterocycles. The van der Waals surface area contributed by atoms with Crippen LogP contribution in [0.25, 0.3) is 0 Å². The van der Waals surface area contributed by atoms with Crippen LogP contribution in [0.4, 0.5) is 0 Å². The summed E-state index contributed by atoms with van der Waals surface area (Å²) in [6.45, 7) is 17.1. The molecule has 124 valence electrons. The first-order valence-corrected chi connectivity index (χ1v) is 9.21. The molecule has 1 saturated heterocycles. The Labute approximate surface area is 133 Å². The SMILES string of the molecule is CCCNC1CCN(C2CC(C)(C)CC(C)(C)C2)C(C)C1. The van der Waals surface area contributed by atoms with Gasteiger partial charge < -0.3 is 5.32 Å². The van der Waals surface area contributed by atoms with E-state index in [9.17, 15) is 0 Å². The minimum atomic E-state index is 0.503. The van der Waals surface area contributed by atoms with Crippen LogP contribution in [0.3, 0.4) is 0 Å². The van der Waals surface area contributed by atoms with Crippen molar-refractivity contribution >= 4 is 0 Å². The van der Waals surface area contributed by atoms with Crippen LogP contribution in [0.5, 0.6) is 0 Å². The molecule has 2 heteroatoms. The van der Waals surface area contributed by atoms with Crippen molar-refractivity contribution in [2.24, 2.45) is 10.8 Å². The van der Waals surface area contributed by atoms with Crippen molar-refractivity contribution in [3.8, 4) is 0 Å². The molecule has 1 saturated carbocycles. The molecule has 0 radical (unpaired) electrons. The molecule has 1 aliphatic carbocycles. The highest BCUT2D eigenvalue weighted by atomic mass is 15.2. The van der Waals surface area contributed by atoms with Gasteiger partial charge in [-0.25, -0.2) is 0 Å². The lowest BCUT2D eigenvalue weighted by atomic mass is 9.63. The molecule has 2 atom stereocenters. The molecule has 0 amide bonds. The summed E-state index contributed by atoms with van der Waals surface area (Å²) >= 11 is 0. The molecule has 0 aromatic carbocycles. The summed E-state index contributed by atoms with van der Waals surface area (Å²) in [5, 5.41) is 3.73. The monoisotopic (exact) mass is 294 g/mol. The molecule has 1 N–H and O–H groups in total. The number of likely N-dealkylation sites (tertiary alicyclic amines) is 1. The highest BCUT2D eigenvalue weighted by Gasteiger charge is 2.42. The first-order valence-electron chi connectivity index (χ1n) is 9.21. The Morgan fingerprint density at radius 3 is 2.24 bits per heavy atom. The Balaban J connectivity index is 1.96. The van der Waals surface area contributed by atoms with E-state index in [0.29, 0.717) is 10.8 Å². The molecule has 0 bridgehead atoms. The third kappa shape index (κ3) is 4.69. The summed E-state index contributed by atoms with van der Waals surface area (Å²) in [7, 11) is 0. The summed E-state index contributed by atoms with van der Waals surface area (Å²) in [4.78, 5) is 2.84. The average Bonchev–Trinajstić information content (AvgIpc) is 2.32. The first kappa shape index (κ1) is 17.3. The van der Waals surface area contributed by atoms with Gasteiger partial charge in [0.1, 0.15) is 0 Å². The Bertz CT molecular complexity index is 318. The fraction of sp³-hybridized carbons (Fsp3) is 1.00. The van der Waals surface area contributed by atoms with Crippen molar-refractivity contribution in [3.63, 3.8) is 0 Å². The summed E-state index contributed by atoms with van der Waals surface area (Å²) in [6, 6.07) is 2.29. The van der Waals surface area contributed by atoms with Gasteiger partial charge in [0.05, 0.1) is 0 Å². The minimum absolute atomic E-state index is 0.503. The smallest absolute Gasteiger partial charge is 0.0108 e. The van der Waals surface area contributed by atoms with Crippen LogP contribution in [0.1, 0.15) is 80.1 Å². The average molecular weight is 295 g/mol. The van der Waals surface area contributed by atoms with Crippen LogP contribution >= 0.6 is 0 Å². The molecular formula is C19H38N2. The predicted octanol–water partition coefficient (Wildman–Crippen LogP) is 4.44. The molecular weight excluding hydrogens is 256 g/mol. The van der Waals surface area contributed by atoms with E-state index in [2.05, 4.69) is 51.8 Å². The lowest BCUT2D eigenvalue weighted by molar-refractivity contribution is -0.00897. The fourth-order valence-electron chi connectivity index (χ4n) is 5.29. The van der Waals surface area contributed by atoms with Crippen LogP contribution < -0.4 is 5.32 Å². The van der Waals surface area contributed by atoms with E-state index < -0.39 is 0 Å². The van der Waals surface area contributed by atoms with Crippen molar-refractivity contribution in [1.82, 2.24) is 10.2 Å². The Morgan fingerprint density at radius 1 is 1.10 bits per heavy atom. The molecule has 2 fully saturated rings. The summed E-state index contributed by atoms with van der Waals surface area (Å²) in [5.74, 6) is 0. The number of piperidine rings is 1. The zero-order valence-corrected chi connectivity index (χ0v) is 15.3. The second-order valence-corrected chi connectivity index (χ2v) is 9.33. The third-order valence-corrected chi connectivity index (χ3v) is 5.61. The van der Waals surface area contributed by atoms with Crippen LogP contribution in [-0.2, 0) is 0 Å². The van der Waals surface area contributed by atoms with Crippen molar-refractivity contribution in [2.45, 2.75) is 98.2 Å². The maximum Gasteiger partial charge on any atom is 0.0108 e. The molecule has 1 heterocycles. The molecule has 0 aromatic rings. The Morgan fingerprint density at radius 2 is 1.71 bits per heavy atom. The van der Waals surface area contributed by atoms with Gasteiger partial charge in [-0.2, -0.15) is 0 Å². The molecule has 2 rings (SSSR count). The predicted molar refractivity (Wildman–Crippen MR) is 92.7 cm³/mol. The lowest BCUT2D eigenvalue weighted by Gasteiger charge is -2.52. The maximum absolute atomic E-state index is 3.73. The van der Waals surface area contributed by atoms with Gasteiger partial charge in [0.15, 0.2) is 0 Å². The van der Waals surface area contributed by atoms with Gasteiger partial charge in [0.2, 0.25) is 0 Å². The van der Waals surface area contributed by atoms with E-state index >= 15 is 0 Å². The number of hydrogen-bond donors (Lipinski definition) is 1. The molecule has 2 aliphatic rings. The van der Waals surface area contributed by atoms with Crippen molar-refractivity contribution < 1.29 is 0 Å². The Kier molecular flexibility index (Phi) is 5.41. The van der Waals surface area contributed by atoms with E-state index in [1.807, 2.05) is 0 Å². The molecule has 1 aliphatic heterocycles. The van der Waals surface area contributed by atoms with E-state index in [1.165, 1.54) is 51.6 Å². The number of nitrogens with zero attached hydrogens (tertiary/aromatic N) is 1. The van der Waals surface area contributed by atoms with Crippen molar-refractivity contribution in [2.75, 3.05) is 13.1 Å². The third-order valence-electron chi connectivity index (χ3n) is 5.61. The minimum Gasteiger partial charge on any atom is -0.314 e. The van der Waals surface area contributed by atoms with Gasteiger partial charge in [-0.15, -0.1) is 0 Å². The fourth-order valence-corrected chi connectivity index (χ4v) is 5.29. The van der Waals surface area contributed by atoms with Gasteiger partial charge in [-0.3, -0.25) is 4.90 Å². The number of nitrogens with one attached hydrogen (secondary N) is 1. The zero-order valence-electron chi connectivity index (χ0n) is 15.3. The highest BCUT2D eigenvalue weighted by Crippen LogP contribution is 2.47. The standard InChI is InChI=1S/C19H38N2/c1-7-9-20-16-8-10-21(15(2)11-16)17-12-18(3,4)14-19(5,6)13-17/h15-17,20H,7-14H2,1-6H3. The number of hydrogen-bond acceptors (Lipinski definition) is 2. The largest absolute Gasteiger partial charge is 0.314 e. The lowest BCUT2D eigenvalue weighted by Crippen LogP contribution is -2.55. The number of rotatable bonds is 4. The molecule has 21 heavy (non-hydrogen) atoms. The van der Waals surface area contributed by atoms with Gasteiger partial charge in [-0.05, 0) is 62.8 Å². The topological polar surface area (TPSA) is 15.3 Å². The molecule has 2 nitrogen and oxygen atoms in total. The molecule has 2 unspecified atom stereocenters. The van der Waals surface area contributed by atoms with Gasteiger partial charge in [0.25, 0.3) is 0 Å². The van der Waals surface area contributed by atoms with Crippen LogP contribution in [0.2, 0.25) is 0 Å². The second kappa shape index (κ2) is 6.58. The first-order chi connectivity index (χ1) is 9.72. The van der Waals surface area contributed by atoms with Crippen LogP contribution in [0.15, 0.2) is 0 Å². The van der Waals surface area contributed by atoms with Crippen LogP contribution in [-0.4, -0.2) is 36.1 Å². The normalized spacial score (nSPS) is 34.0. The van der Waals surface area contributed by atoms with Crippen molar-refractivity contribution in [3.05, 3.63) is 0 Å². The van der Waals surface area contributed by atoms with Gasteiger partial charge in [-0.1, -0.05) is 34.6 Å². The summed E-state index contributed by atoms with van der Waals surface area (Å²) < 4.78 is 0. The quantitative estimate of drug-likeness (QED) is 0.824. The van der Waals surface area contributed by atoms with E-state index in [4.69, 9.17) is 0 Å². The van der Waals surface area contributed by atoms with Gasteiger partial charge >= 0.3 is 0 Å².